The summed E-state index contributed by atoms with van der Waals surface area (Å²) in [6.07, 6.45) is 12.7. The van der Waals surface area contributed by atoms with E-state index in [2.05, 4.69) is 19.7 Å². The minimum Gasteiger partial charge on any atom is -0.0961 e. The van der Waals surface area contributed by atoms with E-state index in [1.54, 1.807) is 0 Å². The van der Waals surface area contributed by atoms with Crippen molar-refractivity contribution in [3.05, 3.63) is 72.9 Å². The highest BCUT2D eigenvalue weighted by Crippen LogP contribution is 2.10. The lowest BCUT2D eigenvalue weighted by Gasteiger charge is -1.99. The predicted octanol–water partition coefficient (Wildman–Crippen LogP) is 5.78. The average Bonchev–Trinajstić information content (AvgIpc) is 2.29. The molecule has 0 aromatic rings. The molecule has 0 aliphatic carbocycles. The molecule has 0 N–H and O–H groups in total. The Morgan fingerprint density at radius 3 is 1.88 bits per heavy atom. The van der Waals surface area contributed by atoms with Crippen LogP contribution in [-0.4, -0.2) is 0 Å². The second-order valence-electron chi connectivity index (χ2n) is 3.56. The van der Waals surface area contributed by atoms with Gasteiger partial charge in [-0.15, -0.1) is 0 Å². The fourth-order valence-electron chi connectivity index (χ4n) is 0.972. The molecular weight excluding hydrogens is 204 g/mol. The van der Waals surface area contributed by atoms with Crippen LogP contribution in [0.1, 0.15) is 34.1 Å². The van der Waals surface area contributed by atoms with E-state index >= 15 is 0 Å². The molecule has 94 valence electrons. The van der Waals surface area contributed by atoms with E-state index in [0.717, 1.165) is 23.1 Å². The molecule has 0 heterocycles. The Labute approximate surface area is 107 Å². The lowest BCUT2D eigenvalue weighted by atomic mass is 10.1. The van der Waals surface area contributed by atoms with Gasteiger partial charge in [-0.25, -0.2) is 0 Å². The molecule has 0 bridgehead atoms. The summed E-state index contributed by atoms with van der Waals surface area (Å²) < 4.78 is 0. The largest absolute Gasteiger partial charge is 0.0961 e. The molecule has 0 rings (SSSR count). The van der Waals surface area contributed by atoms with Crippen LogP contribution in [0.2, 0.25) is 0 Å². The van der Waals surface area contributed by atoms with Crippen LogP contribution in [-0.2, 0) is 0 Å². The first-order chi connectivity index (χ1) is 8.06. The van der Waals surface area contributed by atoms with Crippen molar-refractivity contribution < 1.29 is 0 Å². The van der Waals surface area contributed by atoms with Crippen LogP contribution in [0.4, 0.5) is 0 Å². The van der Waals surface area contributed by atoms with Crippen LogP contribution in [0.15, 0.2) is 72.9 Å². The van der Waals surface area contributed by atoms with Crippen molar-refractivity contribution >= 4 is 0 Å². The molecule has 0 amide bonds. The Balaban J connectivity index is 0. The van der Waals surface area contributed by atoms with Gasteiger partial charge in [0.15, 0.2) is 0 Å². The van der Waals surface area contributed by atoms with Crippen molar-refractivity contribution in [1.82, 2.24) is 0 Å². The van der Waals surface area contributed by atoms with E-state index in [1.807, 2.05) is 64.2 Å². The maximum atomic E-state index is 3.96. The Hall–Kier alpha value is -1.56. The van der Waals surface area contributed by atoms with Crippen LogP contribution in [0.25, 0.3) is 0 Å². The van der Waals surface area contributed by atoms with Crippen molar-refractivity contribution in [2.75, 3.05) is 0 Å². The molecule has 0 atom stereocenters. The summed E-state index contributed by atoms with van der Waals surface area (Å²) in [5, 5.41) is 0. The van der Waals surface area contributed by atoms with Gasteiger partial charge in [0.1, 0.15) is 0 Å². The standard InChI is InChI=1S/C15H20.C2H6/c1-6-7-8-9-14(4)12-15(5)11-10-13(2)3;1-2/h6-11H,2,4-5,12H2,1,3H3;1-2H3/b7-6-,9-8-,11-10-;. The highest BCUT2D eigenvalue weighted by molar-refractivity contribution is 5.30. The van der Waals surface area contributed by atoms with E-state index in [-0.39, 0.29) is 0 Å². The SMILES string of the molecule is C=C(C)/C=C\C(=C)CC(=C)/C=C\C=C/C.CC. The molecule has 0 unspecified atom stereocenters. The first-order valence-corrected chi connectivity index (χ1v) is 6.04. The van der Waals surface area contributed by atoms with E-state index in [4.69, 9.17) is 0 Å². The molecule has 0 aromatic heterocycles. The first-order valence-electron chi connectivity index (χ1n) is 6.04. The zero-order chi connectivity index (χ0) is 13.7. The van der Waals surface area contributed by atoms with E-state index in [1.165, 1.54) is 0 Å². The quantitative estimate of drug-likeness (QED) is 0.507. The van der Waals surface area contributed by atoms with Gasteiger partial charge >= 0.3 is 0 Å². The van der Waals surface area contributed by atoms with Crippen LogP contribution in [0.3, 0.4) is 0 Å². The lowest BCUT2D eigenvalue weighted by molar-refractivity contribution is 1.23. The molecule has 0 nitrogen and oxygen atoms in total. The molecule has 0 radical (unpaired) electrons. The molecule has 0 saturated heterocycles. The van der Waals surface area contributed by atoms with Crippen LogP contribution in [0, 0.1) is 0 Å². The molecule has 0 fully saturated rings. The summed E-state index contributed by atoms with van der Waals surface area (Å²) in [4.78, 5) is 0. The van der Waals surface area contributed by atoms with E-state index in [9.17, 15) is 0 Å². The molecule has 0 heteroatoms. The minimum atomic E-state index is 0.803. The van der Waals surface area contributed by atoms with Gasteiger partial charge in [0.2, 0.25) is 0 Å². The first kappa shape index (κ1) is 17.8. The summed E-state index contributed by atoms with van der Waals surface area (Å²) in [5.74, 6) is 0. The molecule has 0 aliphatic rings. The zero-order valence-corrected chi connectivity index (χ0v) is 11.8. The van der Waals surface area contributed by atoms with Gasteiger partial charge in [-0.05, 0) is 20.3 Å². The fourth-order valence-corrected chi connectivity index (χ4v) is 0.972. The minimum absolute atomic E-state index is 0.803. The second-order valence-corrected chi connectivity index (χ2v) is 3.56. The van der Waals surface area contributed by atoms with E-state index in [0.29, 0.717) is 0 Å². The molecule has 0 aliphatic heterocycles. The smallest absolute Gasteiger partial charge is 0.00375 e. The molecule has 0 aromatic carbocycles. The second kappa shape index (κ2) is 12.5. The van der Waals surface area contributed by atoms with E-state index < -0.39 is 0 Å². The number of hydrogen-bond donors (Lipinski definition) is 0. The average molecular weight is 230 g/mol. The lowest BCUT2D eigenvalue weighted by Crippen LogP contribution is -1.79. The molecule has 17 heavy (non-hydrogen) atoms. The summed E-state index contributed by atoms with van der Waals surface area (Å²) in [6.45, 7) is 19.7. The number of rotatable bonds is 6. The van der Waals surface area contributed by atoms with Crippen molar-refractivity contribution in [3.8, 4) is 0 Å². The van der Waals surface area contributed by atoms with Crippen LogP contribution < -0.4 is 0 Å². The normalized spacial score (nSPS) is 10.6. The van der Waals surface area contributed by atoms with Crippen molar-refractivity contribution in [3.63, 3.8) is 0 Å². The highest BCUT2D eigenvalue weighted by atomic mass is 14.0. The van der Waals surface area contributed by atoms with Gasteiger partial charge < -0.3 is 0 Å². The summed E-state index contributed by atoms with van der Waals surface area (Å²) in [5.41, 5.74) is 3.14. The van der Waals surface area contributed by atoms with Gasteiger partial charge in [-0.2, -0.15) is 0 Å². The van der Waals surface area contributed by atoms with Gasteiger partial charge in [0.05, 0.1) is 0 Å². The third-order valence-corrected chi connectivity index (χ3v) is 1.69. The van der Waals surface area contributed by atoms with Gasteiger partial charge in [0, 0.05) is 0 Å². The maximum Gasteiger partial charge on any atom is -0.00375 e. The summed E-state index contributed by atoms with van der Waals surface area (Å²) >= 11 is 0. The van der Waals surface area contributed by atoms with Crippen molar-refractivity contribution in [1.29, 1.82) is 0 Å². The van der Waals surface area contributed by atoms with Gasteiger partial charge in [0.25, 0.3) is 0 Å². The molecular formula is C17H26. The van der Waals surface area contributed by atoms with Crippen molar-refractivity contribution in [2.24, 2.45) is 0 Å². The Morgan fingerprint density at radius 1 is 0.882 bits per heavy atom. The summed E-state index contributed by atoms with van der Waals surface area (Å²) in [7, 11) is 0. The Kier molecular flexibility index (Phi) is 13.1. The third-order valence-electron chi connectivity index (χ3n) is 1.69. The van der Waals surface area contributed by atoms with Crippen LogP contribution >= 0.6 is 0 Å². The van der Waals surface area contributed by atoms with Gasteiger partial charge in [-0.1, -0.05) is 86.8 Å². The number of allylic oxidation sites excluding steroid dienone is 9. The highest BCUT2D eigenvalue weighted by Gasteiger charge is 1.91. The topological polar surface area (TPSA) is 0 Å². The zero-order valence-electron chi connectivity index (χ0n) is 11.8. The Bertz CT molecular complexity index is 322. The van der Waals surface area contributed by atoms with Gasteiger partial charge in [-0.3, -0.25) is 0 Å². The number of hydrogen-bond acceptors (Lipinski definition) is 0. The Morgan fingerprint density at radius 2 is 1.41 bits per heavy atom. The third kappa shape index (κ3) is 14.4. The monoisotopic (exact) mass is 230 g/mol. The molecule has 0 saturated carbocycles. The predicted molar refractivity (Wildman–Crippen MR) is 82.2 cm³/mol. The molecule has 0 spiro atoms. The summed E-state index contributed by atoms with van der Waals surface area (Å²) in [6, 6.07) is 0. The van der Waals surface area contributed by atoms with Crippen molar-refractivity contribution in [2.45, 2.75) is 34.1 Å². The maximum absolute atomic E-state index is 3.96. The van der Waals surface area contributed by atoms with Crippen LogP contribution in [0.5, 0.6) is 0 Å². The fraction of sp³-hybridized carbons (Fsp3) is 0.294.